The lowest BCUT2D eigenvalue weighted by Crippen LogP contribution is -2.51. The van der Waals surface area contributed by atoms with Crippen LogP contribution in [0, 0.1) is 11.6 Å². The molecule has 174 valence electrons. The van der Waals surface area contributed by atoms with E-state index in [0.717, 1.165) is 6.07 Å². The number of carbonyl (C=O) groups is 2. The molecule has 3 aliphatic rings. The van der Waals surface area contributed by atoms with Crippen molar-refractivity contribution in [3.05, 3.63) is 62.6 Å². The van der Waals surface area contributed by atoms with Crippen LogP contribution >= 0.6 is 0 Å². The maximum absolute atomic E-state index is 14.0. The monoisotopic (exact) mass is 460 g/mol. The number of nitrogens with one attached hydrogen (secondary N) is 1. The van der Waals surface area contributed by atoms with Crippen LogP contribution in [-0.4, -0.2) is 64.7 Å². The summed E-state index contributed by atoms with van der Waals surface area (Å²) in [5.74, 6) is -3.71. The highest BCUT2D eigenvalue weighted by molar-refractivity contribution is 6.00. The molecule has 1 fully saturated rings. The van der Waals surface area contributed by atoms with Gasteiger partial charge in [0, 0.05) is 44.8 Å². The predicted molar refractivity (Wildman–Crippen MR) is 111 cm³/mol. The summed E-state index contributed by atoms with van der Waals surface area (Å²) in [5.41, 5.74) is -1.24. The van der Waals surface area contributed by atoms with Crippen molar-refractivity contribution in [1.29, 1.82) is 0 Å². The van der Waals surface area contributed by atoms with E-state index in [1.165, 1.54) is 13.2 Å². The van der Waals surface area contributed by atoms with Crippen LogP contribution in [0.1, 0.15) is 50.7 Å². The number of hydrogen-bond acceptors (Lipinski definition) is 6. The molecule has 2 amide bonds. The minimum absolute atomic E-state index is 0.0306. The van der Waals surface area contributed by atoms with Crippen LogP contribution in [0.25, 0.3) is 0 Å². The van der Waals surface area contributed by atoms with Crippen LogP contribution in [0.2, 0.25) is 0 Å². The van der Waals surface area contributed by atoms with Crippen LogP contribution in [0.4, 0.5) is 8.78 Å². The van der Waals surface area contributed by atoms with Gasteiger partial charge in [-0.25, -0.2) is 8.78 Å². The lowest BCUT2D eigenvalue weighted by atomic mass is 10.1. The van der Waals surface area contributed by atoms with Crippen molar-refractivity contribution < 1.29 is 28.2 Å². The topological polar surface area (TPSA) is 104 Å². The SMILES string of the molecule is COC1CC2C3N(C)CCN3C(=O)c3c(O)c(=O)c(C(=O)NCc4ccc(F)cc4F)c1n32. The van der Waals surface area contributed by atoms with E-state index in [0.29, 0.717) is 25.6 Å². The van der Waals surface area contributed by atoms with Crippen molar-refractivity contribution >= 4 is 11.8 Å². The van der Waals surface area contributed by atoms with Gasteiger partial charge >= 0.3 is 0 Å². The molecule has 1 saturated heterocycles. The molecule has 11 heteroatoms. The zero-order valence-corrected chi connectivity index (χ0v) is 18.0. The number of amides is 2. The van der Waals surface area contributed by atoms with Crippen molar-refractivity contribution in [2.75, 3.05) is 27.2 Å². The number of benzene rings is 1. The standard InChI is InChI=1S/C22H22F2N4O5/c1-26-5-6-27-21(26)13-8-14(33-2)16-15(18(29)19(30)17(22(27)32)28(13)16)20(31)25-9-10-3-4-11(23)7-12(10)24/h3-4,7,13-14,21,30H,5-6,8-9H2,1-2H3,(H,25,31). The van der Waals surface area contributed by atoms with Gasteiger partial charge < -0.3 is 24.6 Å². The summed E-state index contributed by atoms with van der Waals surface area (Å²) in [6, 6.07) is 2.63. The maximum Gasteiger partial charge on any atom is 0.275 e. The Labute approximate surface area is 187 Å². The van der Waals surface area contributed by atoms with Crippen molar-refractivity contribution in [3.63, 3.8) is 0 Å². The molecule has 3 atom stereocenters. The fourth-order valence-corrected chi connectivity index (χ4v) is 5.24. The Morgan fingerprint density at radius 3 is 2.73 bits per heavy atom. The number of carbonyl (C=O) groups excluding carboxylic acids is 2. The number of aromatic nitrogens is 1. The zero-order chi connectivity index (χ0) is 23.6. The number of aromatic hydroxyl groups is 1. The predicted octanol–water partition coefficient (Wildman–Crippen LogP) is 1.12. The first-order chi connectivity index (χ1) is 15.7. The van der Waals surface area contributed by atoms with E-state index in [1.807, 2.05) is 11.9 Å². The minimum Gasteiger partial charge on any atom is -0.503 e. The highest BCUT2D eigenvalue weighted by Crippen LogP contribution is 2.47. The molecule has 0 bridgehead atoms. The molecule has 2 N–H and O–H groups in total. The second kappa shape index (κ2) is 7.63. The number of nitrogens with zero attached hydrogens (tertiary/aromatic N) is 3. The smallest absolute Gasteiger partial charge is 0.275 e. The van der Waals surface area contributed by atoms with Gasteiger partial charge in [-0.05, 0) is 13.1 Å². The number of halogens is 2. The third kappa shape index (κ3) is 3.06. The van der Waals surface area contributed by atoms with Crippen molar-refractivity contribution in [3.8, 4) is 5.75 Å². The van der Waals surface area contributed by atoms with Gasteiger partial charge in [0.15, 0.2) is 11.4 Å². The van der Waals surface area contributed by atoms with E-state index in [-0.39, 0.29) is 41.3 Å². The number of methoxy groups -OCH3 is 1. The van der Waals surface area contributed by atoms with Crippen LogP contribution in [-0.2, 0) is 11.3 Å². The fourth-order valence-electron chi connectivity index (χ4n) is 5.24. The van der Waals surface area contributed by atoms with Crippen molar-refractivity contribution in [1.82, 2.24) is 19.7 Å². The molecule has 0 spiro atoms. The number of fused-ring (bicyclic) bond motifs is 2. The molecule has 3 aliphatic heterocycles. The first-order valence-corrected chi connectivity index (χ1v) is 10.5. The Balaban J connectivity index is 1.60. The highest BCUT2D eigenvalue weighted by atomic mass is 19.1. The summed E-state index contributed by atoms with van der Waals surface area (Å²) in [6.45, 7) is 0.796. The Kier molecular flexibility index (Phi) is 4.98. The molecule has 2 aromatic rings. The number of hydrogen-bond donors (Lipinski definition) is 2. The Bertz CT molecular complexity index is 1250. The average Bonchev–Trinajstić information content (AvgIpc) is 3.34. The van der Waals surface area contributed by atoms with Gasteiger partial charge in [0.25, 0.3) is 11.8 Å². The van der Waals surface area contributed by atoms with E-state index < -0.39 is 40.7 Å². The van der Waals surface area contributed by atoms with Gasteiger partial charge in [-0.15, -0.1) is 0 Å². The van der Waals surface area contributed by atoms with E-state index in [9.17, 15) is 28.3 Å². The Morgan fingerprint density at radius 1 is 1.27 bits per heavy atom. The quantitative estimate of drug-likeness (QED) is 0.709. The second-order valence-electron chi connectivity index (χ2n) is 8.50. The molecule has 9 nitrogen and oxygen atoms in total. The van der Waals surface area contributed by atoms with Crippen LogP contribution in [0.5, 0.6) is 5.75 Å². The normalized spacial score (nSPS) is 23.6. The molecule has 0 radical (unpaired) electrons. The third-order valence-electron chi connectivity index (χ3n) is 6.75. The number of likely N-dealkylation sites (N-methyl/N-ethyl adjacent to an activating group) is 1. The van der Waals surface area contributed by atoms with Crippen LogP contribution < -0.4 is 10.7 Å². The zero-order valence-electron chi connectivity index (χ0n) is 18.0. The largest absolute Gasteiger partial charge is 0.503 e. The molecule has 5 rings (SSSR count). The molecule has 4 heterocycles. The summed E-state index contributed by atoms with van der Waals surface area (Å²) < 4.78 is 34.3. The summed E-state index contributed by atoms with van der Waals surface area (Å²) in [7, 11) is 3.33. The van der Waals surface area contributed by atoms with Crippen molar-refractivity contribution in [2.24, 2.45) is 0 Å². The molecule has 1 aromatic carbocycles. The molecule has 3 unspecified atom stereocenters. The molecule has 1 aromatic heterocycles. The summed E-state index contributed by atoms with van der Waals surface area (Å²) >= 11 is 0. The summed E-state index contributed by atoms with van der Waals surface area (Å²) in [5, 5.41) is 13.2. The van der Waals surface area contributed by atoms with Gasteiger partial charge in [-0.3, -0.25) is 19.3 Å². The van der Waals surface area contributed by atoms with Crippen LogP contribution in [0.15, 0.2) is 23.0 Å². The first-order valence-electron chi connectivity index (χ1n) is 10.5. The second-order valence-corrected chi connectivity index (χ2v) is 8.50. The highest BCUT2D eigenvalue weighted by Gasteiger charge is 2.52. The lowest BCUT2D eigenvalue weighted by Gasteiger charge is -2.39. The first kappa shape index (κ1) is 21.5. The minimum atomic E-state index is -0.990. The lowest BCUT2D eigenvalue weighted by molar-refractivity contribution is 0.0377. The molecule has 0 aliphatic carbocycles. The van der Waals surface area contributed by atoms with Gasteiger partial charge in [0.2, 0.25) is 5.43 Å². The average molecular weight is 460 g/mol. The Morgan fingerprint density at radius 2 is 2.03 bits per heavy atom. The van der Waals surface area contributed by atoms with E-state index >= 15 is 0 Å². The van der Waals surface area contributed by atoms with Gasteiger partial charge in [-0.2, -0.15) is 0 Å². The maximum atomic E-state index is 14.0. The fraction of sp³-hybridized carbons (Fsp3) is 0.409. The van der Waals surface area contributed by atoms with Gasteiger partial charge in [0.05, 0.1) is 11.7 Å². The summed E-state index contributed by atoms with van der Waals surface area (Å²) in [4.78, 5) is 43.0. The molecular weight excluding hydrogens is 438 g/mol. The Hall–Kier alpha value is -3.31. The van der Waals surface area contributed by atoms with E-state index in [4.69, 9.17) is 4.74 Å². The number of rotatable bonds is 4. The number of pyridine rings is 1. The van der Waals surface area contributed by atoms with Crippen LogP contribution in [0.3, 0.4) is 0 Å². The van der Waals surface area contributed by atoms with E-state index in [1.54, 1.807) is 9.47 Å². The van der Waals surface area contributed by atoms with E-state index in [2.05, 4.69) is 5.32 Å². The van der Waals surface area contributed by atoms with Gasteiger partial charge in [-0.1, -0.05) is 6.07 Å². The summed E-state index contributed by atoms with van der Waals surface area (Å²) in [6.07, 6.45) is -0.556. The van der Waals surface area contributed by atoms with Crippen molar-refractivity contribution in [2.45, 2.75) is 31.3 Å². The number of ether oxygens (including phenoxy) is 1. The third-order valence-corrected chi connectivity index (χ3v) is 6.75. The molecule has 0 saturated carbocycles. The van der Waals surface area contributed by atoms with Gasteiger partial charge in [0.1, 0.15) is 29.5 Å². The molecule has 33 heavy (non-hydrogen) atoms. The molecular formula is C22H22F2N4O5.